The maximum absolute atomic E-state index is 11.7. The average molecular weight is 305 g/mol. The fourth-order valence-electron chi connectivity index (χ4n) is 1.79. The van der Waals surface area contributed by atoms with Crippen molar-refractivity contribution in [3.63, 3.8) is 0 Å². The SMILES string of the molecule is CCNC(=O)c1cccc(NCc2csc([N+](=O)[O-])c2)c1. The summed E-state index contributed by atoms with van der Waals surface area (Å²) in [6, 6.07) is 8.69. The molecule has 0 saturated carbocycles. The van der Waals surface area contributed by atoms with Crippen LogP contribution in [0.2, 0.25) is 0 Å². The molecule has 110 valence electrons. The summed E-state index contributed by atoms with van der Waals surface area (Å²) in [5.41, 5.74) is 2.22. The van der Waals surface area contributed by atoms with E-state index in [2.05, 4.69) is 10.6 Å². The molecule has 0 atom stereocenters. The zero-order valence-electron chi connectivity index (χ0n) is 11.5. The van der Waals surface area contributed by atoms with Gasteiger partial charge in [0.25, 0.3) is 5.91 Å². The second-order valence-corrected chi connectivity index (χ2v) is 5.23. The molecule has 0 aliphatic heterocycles. The molecular formula is C14H15N3O3S. The highest BCUT2D eigenvalue weighted by atomic mass is 32.1. The van der Waals surface area contributed by atoms with Gasteiger partial charge >= 0.3 is 5.00 Å². The van der Waals surface area contributed by atoms with E-state index in [0.29, 0.717) is 18.7 Å². The summed E-state index contributed by atoms with van der Waals surface area (Å²) < 4.78 is 0. The van der Waals surface area contributed by atoms with Gasteiger partial charge in [-0.25, -0.2) is 0 Å². The summed E-state index contributed by atoms with van der Waals surface area (Å²) in [6.07, 6.45) is 0. The number of amides is 1. The normalized spacial score (nSPS) is 10.1. The van der Waals surface area contributed by atoms with Gasteiger partial charge in [-0.2, -0.15) is 0 Å². The van der Waals surface area contributed by atoms with Crippen molar-refractivity contribution in [3.05, 3.63) is 57.0 Å². The summed E-state index contributed by atoms with van der Waals surface area (Å²) in [4.78, 5) is 22.0. The predicted octanol–water partition coefficient (Wildman–Crippen LogP) is 3.02. The Bertz CT molecular complexity index is 654. The third-order valence-corrected chi connectivity index (χ3v) is 3.71. The number of thiophene rings is 1. The van der Waals surface area contributed by atoms with Gasteiger partial charge in [0.05, 0.1) is 4.92 Å². The molecule has 7 heteroatoms. The molecule has 2 N–H and O–H groups in total. The Balaban J connectivity index is 2.01. The Morgan fingerprint density at radius 3 is 2.86 bits per heavy atom. The summed E-state index contributed by atoms with van der Waals surface area (Å²) >= 11 is 1.10. The quantitative estimate of drug-likeness (QED) is 0.634. The van der Waals surface area contributed by atoms with Crippen molar-refractivity contribution >= 4 is 27.9 Å². The first kappa shape index (κ1) is 15.0. The average Bonchev–Trinajstić information content (AvgIpc) is 2.95. The molecule has 1 aromatic heterocycles. The standard InChI is InChI=1S/C14H15N3O3S/c1-2-15-14(18)11-4-3-5-12(7-11)16-8-10-6-13(17(19)20)21-9-10/h3-7,9,16H,2,8H2,1H3,(H,15,18). The maximum atomic E-state index is 11.7. The Hall–Kier alpha value is -2.41. The molecule has 6 nitrogen and oxygen atoms in total. The van der Waals surface area contributed by atoms with E-state index in [1.165, 1.54) is 0 Å². The van der Waals surface area contributed by atoms with Crippen molar-refractivity contribution in [2.75, 3.05) is 11.9 Å². The lowest BCUT2D eigenvalue weighted by Crippen LogP contribution is -2.22. The fourth-order valence-corrected chi connectivity index (χ4v) is 2.52. The third kappa shape index (κ3) is 4.03. The van der Waals surface area contributed by atoms with E-state index < -0.39 is 4.92 Å². The van der Waals surface area contributed by atoms with Crippen LogP contribution in [0.25, 0.3) is 0 Å². The number of nitrogens with one attached hydrogen (secondary N) is 2. The van der Waals surface area contributed by atoms with Crippen LogP contribution in [0.1, 0.15) is 22.8 Å². The molecule has 0 fully saturated rings. The van der Waals surface area contributed by atoms with Crippen LogP contribution >= 0.6 is 11.3 Å². The number of nitro groups is 1. The van der Waals surface area contributed by atoms with Crippen LogP contribution in [0.3, 0.4) is 0 Å². The van der Waals surface area contributed by atoms with E-state index in [-0.39, 0.29) is 10.9 Å². The number of carbonyl (C=O) groups is 1. The number of hydrogen-bond donors (Lipinski definition) is 2. The molecule has 1 amide bonds. The minimum atomic E-state index is -0.399. The Morgan fingerprint density at radius 1 is 1.38 bits per heavy atom. The highest BCUT2D eigenvalue weighted by molar-refractivity contribution is 7.13. The summed E-state index contributed by atoms with van der Waals surface area (Å²) in [5, 5.41) is 18.4. The Labute approximate surface area is 126 Å². The number of rotatable bonds is 6. The molecular weight excluding hydrogens is 290 g/mol. The molecule has 21 heavy (non-hydrogen) atoms. The molecule has 0 saturated heterocycles. The number of anilines is 1. The van der Waals surface area contributed by atoms with Crippen molar-refractivity contribution in [2.24, 2.45) is 0 Å². The number of carbonyl (C=O) groups excluding carboxylic acids is 1. The molecule has 1 aromatic carbocycles. The van der Waals surface area contributed by atoms with Gasteiger partial charge in [-0.05, 0) is 30.7 Å². The van der Waals surface area contributed by atoms with Crippen LogP contribution in [-0.4, -0.2) is 17.4 Å². The van der Waals surface area contributed by atoms with Crippen molar-refractivity contribution in [1.29, 1.82) is 0 Å². The van der Waals surface area contributed by atoms with Gasteiger partial charge in [-0.3, -0.25) is 14.9 Å². The third-order valence-electron chi connectivity index (χ3n) is 2.78. The summed E-state index contributed by atoms with van der Waals surface area (Å²) in [7, 11) is 0. The number of nitrogens with zero attached hydrogens (tertiary/aromatic N) is 1. The molecule has 0 bridgehead atoms. The smallest absolute Gasteiger partial charge is 0.324 e. The minimum absolute atomic E-state index is 0.118. The van der Waals surface area contributed by atoms with Gasteiger partial charge in [0.15, 0.2) is 0 Å². The van der Waals surface area contributed by atoms with E-state index in [4.69, 9.17) is 0 Å². The molecule has 0 aliphatic carbocycles. The number of hydrogen-bond acceptors (Lipinski definition) is 5. The highest BCUT2D eigenvalue weighted by Crippen LogP contribution is 2.23. The van der Waals surface area contributed by atoms with Crippen molar-refractivity contribution in [2.45, 2.75) is 13.5 Å². The molecule has 0 radical (unpaired) electrons. The van der Waals surface area contributed by atoms with Crippen LogP contribution in [0.4, 0.5) is 10.7 Å². The van der Waals surface area contributed by atoms with Crippen molar-refractivity contribution in [1.82, 2.24) is 5.32 Å². The topological polar surface area (TPSA) is 84.3 Å². The second kappa shape index (κ2) is 6.85. The van der Waals surface area contributed by atoms with Gasteiger partial charge in [-0.1, -0.05) is 17.4 Å². The van der Waals surface area contributed by atoms with Crippen LogP contribution in [0.5, 0.6) is 0 Å². The van der Waals surface area contributed by atoms with Crippen molar-refractivity contribution < 1.29 is 9.72 Å². The van der Waals surface area contributed by atoms with Crippen LogP contribution < -0.4 is 10.6 Å². The summed E-state index contributed by atoms with van der Waals surface area (Å²) in [6.45, 7) is 2.92. The molecule has 0 unspecified atom stereocenters. The first-order chi connectivity index (χ1) is 10.1. The maximum Gasteiger partial charge on any atom is 0.324 e. The van der Waals surface area contributed by atoms with Gasteiger partial charge in [0.2, 0.25) is 0 Å². The lowest BCUT2D eigenvalue weighted by molar-refractivity contribution is -0.380. The van der Waals surface area contributed by atoms with E-state index in [0.717, 1.165) is 22.6 Å². The Morgan fingerprint density at radius 2 is 2.19 bits per heavy atom. The lowest BCUT2D eigenvalue weighted by Gasteiger charge is -2.07. The highest BCUT2D eigenvalue weighted by Gasteiger charge is 2.09. The largest absolute Gasteiger partial charge is 0.381 e. The first-order valence-corrected chi connectivity index (χ1v) is 7.32. The molecule has 2 aromatic rings. The molecule has 0 spiro atoms. The van der Waals surface area contributed by atoms with Gasteiger partial charge in [-0.15, -0.1) is 0 Å². The van der Waals surface area contributed by atoms with Crippen LogP contribution in [0.15, 0.2) is 35.7 Å². The number of benzene rings is 1. The minimum Gasteiger partial charge on any atom is -0.381 e. The van der Waals surface area contributed by atoms with E-state index in [1.807, 2.05) is 13.0 Å². The fraction of sp³-hybridized carbons (Fsp3) is 0.214. The van der Waals surface area contributed by atoms with Gasteiger partial charge in [0, 0.05) is 35.8 Å². The second-order valence-electron chi connectivity index (χ2n) is 4.34. The zero-order chi connectivity index (χ0) is 15.2. The zero-order valence-corrected chi connectivity index (χ0v) is 12.3. The molecule has 2 rings (SSSR count). The lowest BCUT2D eigenvalue weighted by atomic mass is 10.2. The van der Waals surface area contributed by atoms with Crippen LogP contribution in [0, 0.1) is 10.1 Å². The van der Waals surface area contributed by atoms with Gasteiger partial charge in [0.1, 0.15) is 0 Å². The van der Waals surface area contributed by atoms with E-state index >= 15 is 0 Å². The van der Waals surface area contributed by atoms with E-state index in [1.54, 1.807) is 29.6 Å². The van der Waals surface area contributed by atoms with E-state index in [9.17, 15) is 14.9 Å². The molecule has 1 heterocycles. The summed E-state index contributed by atoms with van der Waals surface area (Å²) in [5.74, 6) is -0.118. The monoisotopic (exact) mass is 305 g/mol. The predicted molar refractivity (Wildman–Crippen MR) is 82.7 cm³/mol. The Kier molecular flexibility index (Phi) is 4.89. The first-order valence-electron chi connectivity index (χ1n) is 6.44. The van der Waals surface area contributed by atoms with Gasteiger partial charge < -0.3 is 10.6 Å². The van der Waals surface area contributed by atoms with Crippen molar-refractivity contribution in [3.8, 4) is 0 Å². The van der Waals surface area contributed by atoms with Crippen LogP contribution in [-0.2, 0) is 6.54 Å². The molecule has 0 aliphatic rings.